The minimum Gasteiger partial charge on any atom is -0.352 e. The SMILES string of the molecule is Cc1ccc(C(=O)NCCc2nncn2C)c(NN)c1. The molecule has 0 aliphatic heterocycles. The van der Waals surface area contributed by atoms with Crippen LogP contribution in [0.1, 0.15) is 21.7 Å². The van der Waals surface area contributed by atoms with Gasteiger partial charge in [0.1, 0.15) is 12.2 Å². The largest absolute Gasteiger partial charge is 0.352 e. The van der Waals surface area contributed by atoms with E-state index in [4.69, 9.17) is 5.84 Å². The van der Waals surface area contributed by atoms with Crippen LogP contribution < -0.4 is 16.6 Å². The minimum absolute atomic E-state index is 0.167. The molecule has 0 bridgehead atoms. The van der Waals surface area contributed by atoms with Crippen molar-refractivity contribution in [3.63, 3.8) is 0 Å². The van der Waals surface area contributed by atoms with E-state index in [9.17, 15) is 4.79 Å². The number of anilines is 1. The number of hydrogen-bond donors (Lipinski definition) is 3. The Morgan fingerprint density at radius 2 is 2.25 bits per heavy atom. The summed E-state index contributed by atoms with van der Waals surface area (Å²) in [5.74, 6) is 6.09. The number of carbonyl (C=O) groups is 1. The zero-order chi connectivity index (χ0) is 14.5. The van der Waals surface area contributed by atoms with Gasteiger partial charge in [-0.25, -0.2) is 0 Å². The summed E-state index contributed by atoms with van der Waals surface area (Å²) in [5, 5.41) is 10.6. The van der Waals surface area contributed by atoms with Crippen molar-refractivity contribution in [2.75, 3.05) is 12.0 Å². The summed E-state index contributed by atoms with van der Waals surface area (Å²) < 4.78 is 1.82. The highest BCUT2D eigenvalue weighted by Gasteiger charge is 2.11. The number of carbonyl (C=O) groups excluding carboxylic acids is 1. The summed E-state index contributed by atoms with van der Waals surface area (Å²) in [7, 11) is 1.87. The third-order valence-corrected chi connectivity index (χ3v) is 3.01. The molecule has 0 spiro atoms. The molecule has 2 aromatic rings. The fourth-order valence-electron chi connectivity index (χ4n) is 1.89. The van der Waals surface area contributed by atoms with Crippen LogP contribution in [0.15, 0.2) is 24.5 Å². The standard InChI is InChI=1S/C13H18N6O/c1-9-3-4-10(11(7-9)17-14)13(20)15-6-5-12-18-16-8-19(12)2/h3-4,7-8,17H,5-6,14H2,1-2H3,(H,15,20). The molecule has 0 saturated heterocycles. The van der Waals surface area contributed by atoms with Crippen molar-refractivity contribution in [1.82, 2.24) is 20.1 Å². The van der Waals surface area contributed by atoms with Gasteiger partial charge in [-0.05, 0) is 24.6 Å². The Labute approximate surface area is 117 Å². The molecular weight excluding hydrogens is 256 g/mol. The van der Waals surface area contributed by atoms with Crippen LogP contribution in [-0.2, 0) is 13.5 Å². The predicted molar refractivity (Wildman–Crippen MR) is 76.0 cm³/mol. The van der Waals surface area contributed by atoms with Gasteiger partial charge in [0, 0.05) is 20.0 Å². The van der Waals surface area contributed by atoms with Gasteiger partial charge in [-0.2, -0.15) is 0 Å². The summed E-state index contributed by atoms with van der Waals surface area (Å²) in [5.41, 5.74) is 4.72. The first kappa shape index (κ1) is 14.0. The molecular formula is C13H18N6O. The molecule has 0 aliphatic rings. The first-order chi connectivity index (χ1) is 9.61. The second-order valence-electron chi connectivity index (χ2n) is 4.56. The van der Waals surface area contributed by atoms with Crippen LogP contribution in [0.4, 0.5) is 5.69 Å². The van der Waals surface area contributed by atoms with Gasteiger partial charge in [0.15, 0.2) is 0 Å². The van der Waals surface area contributed by atoms with Crippen LogP contribution >= 0.6 is 0 Å². The van der Waals surface area contributed by atoms with E-state index in [1.165, 1.54) is 0 Å². The molecule has 0 unspecified atom stereocenters. The Hall–Kier alpha value is -2.41. The second kappa shape index (κ2) is 6.16. The van der Waals surface area contributed by atoms with E-state index < -0.39 is 0 Å². The maximum absolute atomic E-state index is 12.1. The smallest absolute Gasteiger partial charge is 0.253 e. The number of nitrogen functional groups attached to an aromatic ring is 1. The maximum atomic E-state index is 12.1. The number of aromatic nitrogens is 3. The zero-order valence-electron chi connectivity index (χ0n) is 11.6. The van der Waals surface area contributed by atoms with Gasteiger partial charge in [0.05, 0.1) is 11.3 Å². The number of nitrogens with zero attached hydrogens (tertiary/aromatic N) is 3. The molecule has 1 heterocycles. The van der Waals surface area contributed by atoms with Crippen molar-refractivity contribution in [1.29, 1.82) is 0 Å². The quantitative estimate of drug-likeness (QED) is 0.541. The Balaban J connectivity index is 1.97. The summed E-state index contributed by atoms with van der Waals surface area (Å²) >= 11 is 0. The van der Waals surface area contributed by atoms with Crippen LogP contribution in [0.25, 0.3) is 0 Å². The summed E-state index contributed by atoms with van der Waals surface area (Å²) in [6, 6.07) is 5.46. The monoisotopic (exact) mass is 274 g/mol. The molecule has 1 amide bonds. The number of nitrogens with one attached hydrogen (secondary N) is 2. The first-order valence-corrected chi connectivity index (χ1v) is 6.30. The fourth-order valence-corrected chi connectivity index (χ4v) is 1.89. The Kier molecular flexibility index (Phi) is 4.31. The van der Waals surface area contributed by atoms with E-state index in [1.54, 1.807) is 12.4 Å². The highest BCUT2D eigenvalue weighted by atomic mass is 16.1. The second-order valence-corrected chi connectivity index (χ2v) is 4.56. The summed E-state index contributed by atoms with van der Waals surface area (Å²) in [6.07, 6.45) is 2.26. The number of hydrazine groups is 1. The number of aryl methyl sites for hydroxylation is 2. The summed E-state index contributed by atoms with van der Waals surface area (Å²) in [4.78, 5) is 12.1. The molecule has 1 aromatic heterocycles. The van der Waals surface area contributed by atoms with E-state index in [0.29, 0.717) is 24.2 Å². The number of benzene rings is 1. The number of nitrogens with two attached hydrogens (primary N) is 1. The third kappa shape index (κ3) is 3.12. The number of hydrogen-bond acceptors (Lipinski definition) is 5. The molecule has 0 saturated carbocycles. The van der Waals surface area contributed by atoms with Crippen molar-refractivity contribution in [3.8, 4) is 0 Å². The fraction of sp³-hybridized carbons (Fsp3) is 0.308. The molecule has 0 fully saturated rings. The third-order valence-electron chi connectivity index (χ3n) is 3.01. The zero-order valence-corrected chi connectivity index (χ0v) is 11.6. The van der Waals surface area contributed by atoms with Crippen molar-refractivity contribution in [2.45, 2.75) is 13.3 Å². The predicted octanol–water partition coefficient (Wildman–Crippen LogP) is 0.382. The van der Waals surface area contributed by atoms with Gasteiger partial charge < -0.3 is 15.3 Å². The number of amides is 1. The van der Waals surface area contributed by atoms with Crippen LogP contribution in [-0.4, -0.2) is 27.2 Å². The lowest BCUT2D eigenvalue weighted by Gasteiger charge is -2.10. The average molecular weight is 274 g/mol. The molecule has 106 valence electrons. The normalized spacial score (nSPS) is 10.3. The van der Waals surface area contributed by atoms with E-state index >= 15 is 0 Å². The van der Waals surface area contributed by atoms with E-state index in [1.807, 2.05) is 30.7 Å². The van der Waals surface area contributed by atoms with Gasteiger partial charge in [-0.1, -0.05) is 6.07 Å². The van der Waals surface area contributed by atoms with Crippen molar-refractivity contribution in [3.05, 3.63) is 41.5 Å². The van der Waals surface area contributed by atoms with Crippen molar-refractivity contribution in [2.24, 2.45) is 12.9 Å². The van der Waals surface area contributed by atoms with Crippen LogP contribution in [0.2, 0.25) is 0 Å². The lowest BCUT2D eigenvalue weighted by atomic mass is 10.1. The van der Waals surface area contributed by atoms with Crippen molar-refractivity contribution < 1.29 is 4.79 Å². The van der Waals surface area contributed by atoms with Gasteiger partial charge in [-0.15, -0.1) is 10.2 Å². The molecule has 7 nitrogen and oxygen atoms in total. The molecule has 20 heavy (non-hydrogen) atoms. The molecule has 2 rings (SSSR count). The van der Waals surface area contributed by atoms with E-state index in [0.717, 1.165) is 11.4 Å². The lowest BCUT2D eigenvalue weighted by molar-refractivity contribution is 0.0954. The highest BCUT2D eigenvalue weighted by Crippen LogP contribution is 2.16. The minimum atomic E-state index is -0.167. The lowest BCUT2D eigenvalue weighted by Crippen LogP contribution is -2.27. The van der Waals surface area contributed by atoms with Gasteiger partial charge in [-0.3, -0.25) is 10.6 Å². The topological polar surface area (TPSA) is 97.9 Å². The maximum Gasteiger partial charge on any atom is 0.253 e. The highest BCUT2D eigenvalue weighted by molar-refractivity contribution is 5.99. The Morgan fingerprint density at radius 3 is 2.90 bits per heavy atom. The molecule has 0 atom stereocenters. The number of rotatable bonds is 5. The van der Waals surface area contributed by atoms with Crippen LogP contribution in [0, 0.1) is 6.92 Å². The first-order valence-electron chi connectivity index (χ1n) is 6.30. The van der Waals surface area contributed by atoms with Gasteiger partial charge >= 0.3 is 0 Å². The Bertz CT molecular complexity index is 607. The van der Waals surface area contributed by atoms with Gasteiger partial charge in [0.25, 0.3) is 5.91 Å². The molecule has 7 heteroatoms. The van der Waals surface area contributed by atoms with E-state index in [-0.39, 0.29) is 5.91 Å². The average Bonchev–Trinajstić information content (AvgIpc) is 2.84. The van der Waals surface area contributed by atoms with Gasteiger partial charge in [0.2, 0.25) is 0 Å². The van der Waals surface area contributed by atoms with E-state index in [2.05, 4.69) is 20.9 Å². The van der Waals surface area contributed by atoms with Crippen LogP contribution in [0.3, 0.4) is 0 Å². The van der Waals surface area contributed by atoms with Crippen LogP contribution in [0.5, 0.6) is 0 Å². The molecule has 0 radical (unpaired) electrons. The Morgan fingerprint density at radius 1 is 1.45 bits per heavy atom. The molecule has 4 N–H and O–H groups in total. The summed E-state index contributed by atoms with van der Waals surface area (Å²) in [6.45, 7) is 2.43. The molecule has 0 aliphatic carbocycles. The molecule has 1 aromatic carbocycles. The van der Waals surface area contributed by atoms with Crippen molar-refractivity contribution >= 4 is 11.6 Å².